The number of rotatable bonds is 51. The number of hydrogen-bond acceptors (Lipinski definition) is 5. The number of aliphatic hydroxyl groups excluding tert-OH is 2. The molecule has 3 N–H and O–H groups in total. The van der Waals surface area contributed by atoms with Crippen LogP contribution in [0.2, 0.25) is 0 Å². The van der Waals surface area contributed by atoms with E-state index in [1.54, 1.807) is 0 Å². The summed E-state index contributed by atoms with van der Waals surface area (Å²) in [5, 5.41) is 23.8. The van der Waals surface area contributed by atoms with Crippen LogP contribution in [-0.2, 0) is 14.3 Å². The van der Waals surface area contributed by atoms with E-state index in [4.69, 9.17) is 4.74 Å². The Kier molecular flexibility index (Phi) is 48.9. The smallest absolute Gasteiger partial charge is 0.306 e. The van der Waals surface area contributed by atoms with E-state index in [2.05, 4.69) is 26.1 Å². The standard InChI is InChI=1S/C55H109NO5/c1-4-7-10-13-16-19-22-24-26-28-29-32-34-37-40-43-46-51(61-55(60)48-45-42-39-36-33-30-27-25-23-20-17-14-11-8-5-2)49-54(59)56-52(50-57)53(58)47-44-41-38-35-31-21-18-15-12-9-6-3/h51-53,57-58H,4-50H2,1-3H3,(H,56,59). The van der Waals surface area contributed by atoms with Gasteiger partial charge in [0.25, 0.3) is 0 Å². The minimum atomic E-state index is -0.779. The maximum Gasteiger partial charge on any atom is 0.306 e. The fourth-order valence-electron chi connectivity index (χ4n) is 8.96. The molecule has 364 valence electrons. The van der Waals surface area contributed by atoms with Crippen LogP contribution in [0.5, 0.6) is 0 Å². The molecule has 3 unspecified atom stereocenters. The minimum Gasteiger partial charge on any atom is -0.462 e. The molecular weight excluding hydrogens is 755 g/mol. The molecule has 6 heteroatoms. The molecule has 0 rings (SSSR count). The Hall–Kier alpha value is -1.14. The normalized spacial score (nSPS) is 13.1. The molecule has 0 spiro atoms. The summed E-state index contributed by atoms with van der Waals surface area (Å²) in [4.78, 5) is 26.2. The summed E-state index contributed by atoms with van der Waals surface area (Å²) in [6.45, 7) is 6.52. The van der Waals surface area contributed by atoms with E-state index >= 15 is 0 Å². The van der Waals surface area contributed by atoms with Crippen LogP contribution in [0.25, 0.3) is 0 Å². The Bertz CT molecular complexity index is 882. The van der Waals surface area contributed by atoms with Gasteiger partial charge in [0, 0.05) is 6.42 Å². The molecule has 0 fully saturated rings. The van der Waals surface area contributed by atoms with Crippen molar-refractivity contribution in [3.8, 4) is 0 Å². The largest absolute Gasteiger partial charge is 0.462 e. The molecule has 3 atom stereocenters. The van der Waals surface area contributed by atoms with E-state index in [0.717, 1.165) is 38.5 Å². The Balaban J connectivity index is 4.50. The van der Waals surface area contributed by atoms with Crippen molar-refractivity contribution in [3.63, 3.8) is 0 Å². The number of esters is 1. The second-order valence-corrected chi connectivity index (χ2v) is 19.4. The number of nitrogens with one attached hydrogen (secondary N) is 1. The predicted octanol–water partition coefficient (Wildman–Crippen LogP) is 16.7. The first-order chi connectivity index (χ1) is 30.0. The van der Waals surface area contributed by atoms with Crippen LogP contribution in [0.3, 0.4) is 0 Å². The molecule has 0 aliphatic carbocycles. The minimum absolute atomic E-state index is 0.0883. The van der Waals surface area contributed by atoms with E-state index in [9.17, 15) is 19.8 Å². The fraction of sp³-hybridized carbons (Fsp3) is 0.964. The highest BCUT2D eigenvalue weighted by molar-refractivity contribution is 5.77. The van der Waals surface area contributed by atoms with Gasteiger partial charge < -0.3 is 20.3 Å². The van der Waals surface area contributed by atoms with Crippen molar-refractivity contribution in [2.45, 2.75) is 334 Å². The monoisotopic (exact) mass is 864 g/mol. The molecule has 0 aliphatic heterocycles. The maximum atomic E-state index is 13.2. The van der Waals surface area contributed by atoms with Crippen molar-refractivity contribution in [3.05, 3.63) is 0 Å². The van der Waals surface area contributed by atoms with Gasteiger partial charge in [-0.15, -0.1) is 0 Å². The second-order valence-electron chi connectivity index (χ2n) is 19.4. The number of ether oxygens (including phenoxy) is 1. The zero-order valence-corrected chi connectivity index (χ0v) is 41.6. The quantitative estimate of drug-likeness (QED) is 0.0418. The van der Waals surface area contributed by atoms with E-state index < -0.39 is 18.2 Å². The summed E-state index contributed by atoms with van der Waals surface area (Å²) in [5.41, 5.74) is 0. The van der Waals surface area contributed by atoms with Gasteiger partial charge in [-0.25, -0.2) is 0 Å². The highest BCUT2D eigenvalue weighted by atomic mass is 16.5. The van der Waals surface area contributed by atoms with Crippen molar-refractivity contribution in [2.75, 3.05) is 6.61 Å². The van der Waals surface area contributed by atoms with Gasteiger partial charge in [0.05, 0.1) is 25.2 Å². The van der Waals surface area contributed by atoms with E-state index in [-0.39, 0.29) is 24.9 Å². The van der Waals surface area contributed by atoms with Gasteiger partial charge in [0.2, 0.25) is 5.91 Å². The first-order valence-electron chi connectivity index (χ1n) is 27.8. The van der Waals surface area contributed by atoms with Gasteiger partial charge in [0.1, 0.15) is 6.10 Å². The Morgan fingerprint density at radius 1 is 0.410 bits per heavy atom. The molecule has 0 saturated heterocycles. The zero-order chi connectivity index (χ0) is 44.5. The predicted molar refractivity (Wildman–Crippen MR) is 264 cm³/mol. The highest BCUT2D eigenvalue weighted by Crippen LogP contribution is 2.19. The first-order valence-corrected chi connectivity index (χ1v) is 27.8. The molecule has 0 aliphatic rings. The first kappa shape index (κ1) is 59.9. The summed E-state index contributed by atoms with van der Waals surface area (Å²) in [7, 11) is 0. The third kappa shape index (κ3) is 45.2. The summed E-state index contributed by atoms with van der Waals surface area (Å²) >= 11 is 0. The Morgan fingerprint density at radius 2 is 0.689 bits per heavy atom. The van der Waals surface area contributed by atoms with Gasteiger partial charge in [-0.1, -0.05) is 278 Å². The molecule has 0 radical (unpaired) electrons. The van der Waals surface area contributed by atoms with Crippen LogP contribution in [0, 0.1) is 0 Å². The van der Waals surface area contributed by atoms with Crippen molar-refractivity contribution < 1.29 is 24.5 Å². The summed E-state index contributed by atoms with van der Waals surface area (Å²) in [6.07, 6.45) is 54.5. The summed E-state index contributed by atoms with van der Waals surface area (Å²) in [5.74, 6) is -0.447. The van der Waals surface area contributed by atoms with Gasteiger partial charge >= 0.3 is 5.97 Å². The van der Waals surface area contributed by atoms with Crippen molar-refractivity contribution in [1.29, 1.82) is 0 Å². The molecule has 0 bridgehead atoms. The topological polar surface area (TPSA) is 95.9 Å². The van der Waals surface area contributed by atoms with Gasteiger partial charge in [0.15, 0.2) is 0 Å². The average molecular weight is 864 g/mol. The molecule has 0 saturated carbocycles. The lowest BCUT2D eigenvalue weighted by Gasteiger charge is -2.24. The number of carbonyl (C=O) groups excluding carboxylic acids is 2. The number of hydrogen-bond donors (Lipinski definition) is 3. The van der Waals surface area contributed by atoms with E-state index in [1.807, 2.05) is 0 Å². The third-order valence-corrected chi connectivity index (χ3v) is 13.2. The number of unbranched alkanes of at least 4 members (excludes halogenated alkanes) is 39. The van der Waals surface area contributed by atoms with Crippen molar-refractivity contribution in [2.24, 2.45) is 0 Å². The summed E-state index contributed by atoms with van der Waals surface area (Å²) < 4.78 is 5.96. The van der Waals surface area contributed by atoms with Gasteiger partial charge in [-0.2, -0.15) is 0 Å². The summed E-state index contributed by atoms with van der Waals surface area (Å²) in [6, 6.07) is -0.692. The fourth-order valence-corrected chi connectivity index (χ4v) is 8.96. The van der Waals surface area contributed by atoms with E-state index in [0.29, 0.717) is 19.3 Å². The molecule has 0 aromatic heterocycles. The van der Waals surface area contributed by atoms with Crippen LogP contribution in [-0.4, -0.2) is 46.9 Å². The van der Waals surface area contributed by atoms with Crippen molar-refractivity contribution >= 4 is 11.9 Å². The Labute approximate surface area is 381 Å². The molecule has 0 heterocycles. The van der Waals surface area contributed by atoms with Crippen LogP contribution in [0.1, 0.15) is 316 Å². The molecule has 61 heavy (non-hydrogen) atoms. The number of carbonyl (C=O) groups is 2. The molecule has 0 aromatic carbocycles. The van der Waals surface area contributed by atoms with Crippen LogP contribution >= 0.6 is 0 Å². The number of amides is 1. The lowest BCUT2D eigenvalue weighted by atomic mass is 10.0. The highest BCUT2D eigenvalue weighted by Gasteiger charge is 2.24. The van der Waals surface area contributed by atoms with Crippen LogP contribution < -0.4 is 5.32 Å². The zero-order valence-electron chi connectivity index (χ0n) is 41.6. The van der Waals surface area contributed by atoms with Crippen LogP contribution in [0.4, 0.5) is 0 Å². The van der Waals surface area contributed by atoms with Crippen LogP contribution in [0.15, 0.2) is 0 Å². The lowest BCUT2D eigenvalue weighted by Crippen LogP contribution is -2.46. The molecular formula is C55H109NO5. The number of aliphatic hydroxyl groups is 2. The van der Waals surface area contributed by atoms with E-state index in [1.165, 1.54) is 231 Å². The second kappa shape index (κ2) is 49.9. The lowest BCUT2D eigenvalue weighted by molar-refractivity contribution is -0.151. The van der Waals surface area contributed by atoms with Gasteiger partial charge in [-0.3, -0.25) is 9.59 Å². The maximum absolute atomic E-state index is 13.2. The molecule has 6 nitrogen and oxygen atoms in total. The SMILES string of the molecule is CCCCCCCCCCCCCCCCCCC(CC(=O)NC(CO)C(O)CCCCCCCCCCCCC)OC(=O)CCCCCCCCCCCCCCCCC. The molecule has 1 amide bonds. The average Bonchev–Trinajstić information content (AvgIpc) is 3.25. The Morgan fingerprint density at radius 3 is 1.00 bits per heavy atom. The van der Waals surface area contributed by atoms with Gasteiger partial charge in [-0.05, 0) is 25.7 Å². The van der Waals surface area contributed by atoms with Crippen molar-refractivity contribution in [1.82, 2.24) is 5.32 Å². The molecule has 0 aromatic rings. The third-order valence-electron chi connectivity index (χ3n) is 13.2.